The number of piperidine rings is 1. The van der Waals surface area contributed by atoms with Gasteiger partial charge in [-0.3, -0.25) is 9.59 Å². The summed E-state index contributed by atoms with van der Waals surface area (Å²) >= 11 is 3.31. The number of methoxy groups -OCH3 is 1. The van der Waals surface area contributed by atoms with Crippen molar-refractivity contribution < 1.29 is 22.7 Å². The first-order valence-electron chi connectivity index (χ1n) is 9.95. The Kier molecular flexibility index (Phi) is 9.58. The number of carbonyl (C=O) groups excluding carboxylic acids is 2. The van der Waals surface area contributed by atoms with Gasteiger partial charge in [-0.05, 0) is 49.9 Å². The van der Waals surface area contributed by atoms with Crippen molar-refractivity contribution in [3.63, 3.8) is 0 Å². The summed E-state index contributed by atoms with van der Waals surface area (Å²) in [5.41, 5.74) is 0. The molecule has 1 atom stereocenters. The highest BCUT2D eigenvalue weighted by Gasteiger charge is 2.33. The van der Waals surface area contributed by atoms with Gasteiger partial charge >= 0.3 is 5.97 Å². The van der Waals surface area contributed by atoms with Crippen LogP contribution in [0.1, 0.15) is 44.9 Å². The Morgan fingerprint density at radius 3 is 2.55 bits per heavy atom. The van der Waals surface area contributed by atoms with Crippen LogP contribution in [0.2, 0.25) is 0 Å². The lowest BCUT2D eigenvalue weighted by Gasteiger charge is -2.31. The first kappa shape index (κ1) is 23.8. The third-order valence-electron chi connectivity index (χ3n) is 5.04. The third-order valence-corrected chi connectivity index (χ3v) is 7.45. The van der Waals surface area contributed by atoms with Gasteiger partial charge in [0, 0.05) is 30.5 Å². The number of sulfonamides is 1. The minimum Gasteiger partial charge on any atom is -0.469 e. The lowest BCUT2D eigenvalue weighted by molar-refractivity contribution is -0.140. The normalized spacial score (nSPS) is 17.7. The lowest BCUT2D eigenvalue weighted by Crippen LogP contribution is -2.45. The predicted molar refractivity (Wildman–Crippen MR) is 114 cm³/mol. The Labute approximate surface area is 181 Å². The maximum Gasteiger partial charge on any atom is 0.305 e. The van der Waals surface area contributed by atoms with Gasteiger partial charge in [-0.15, -0.1) is 0 Å². The van der Waals surface area contributed by atoms with E-state index in [1.54, 1.807) is 24.3 Å². The Balaban J connectivity index is 1.76. The number of esters is 1. The quantitative estimate of drug-likeness (QED) is 0.403. The number of rotatable bonds is 10. The van der Waals surface area contributed by atoms with Gasteiger partial charge < -0.3 is 10.1 Å². The topological polar surface area (TPSA) is 92.8 Å². The van der Waals surface area contributed by atoms with Crippen LogP contribution in [0.4, 0.5) is 0 Å². The van der Waals surface area contributed by atoms with Gasteiger partial charge in [0.1, 0.15) is 0 Å². The molecule has 29 heavy (non-hydrogen) atoms. The van der Waals surface area contributed by atoms with Crippen LogP contribution in [-0.2, 0) is 24.3 Å². The molecule has 1 unspecified atom stereocenters. The summed E-state index contributed by atoms with van der Waals surface area (Å²) in [5.74, 6) is -0.609. The van der Waals surface area contributed by atoms with Gasteiger partial charge in [0.2, 0.25) is 15.9 Å². The summed E-state index contributed by atoms with van der Waals surface area (Å²) in [6, 6.07) is 6.55. The summed E-state index contributed by atoms with van der Waals surface area (Å²) in [6.07, 6.45) is 5.23. The first-order valence-corrected chi connectivity index (χ1v) is 12.2. The molecular weight excluding hydrogens is 460 g/mol. The molecule has 0 aliphatic carbocycles. The van der Waals surface area contributed by atoms with Crippen LogP contribution in [0.3, 0.4) is 0 Å². The van der Waals surface area contributed by atoms with E-state index >= 15 is 0 Å². The summed E-state index contributed by atoms with van der Waals surface area (Å²) in [7, 11) is -2.21. The van der Waals surface area contributed by atoms with E-state index < -0.39 is 10.0 Å². The molecule has 1 aromatic carbocycles. The molecule has 2 rings (SSSR count). The first-order chi connectivity index (χ1) is 13.8. The van der Waals surface area contributed by atoms with Crippen molar-refractivity contribution in [2.75, 3.05) is 26.7 Å². The number of hydrogen-bond donors (Lipinski definition) is 1. The smallest absolute Gasteiger partial charge is 0.305 e. The van der Waals surface area contributed by atoms with Crippen LogP contribution < -0.4 is 5.32 Å². The fourth-order valence-electron chi connectivity index (χ4n) is 3.34. The highest BCUT2D eigenvalue weighted by molar-refractivity contribution is 9.10. The summed E-state index contributed by atoms with van der Waals surface area (Å²) in [5, 5.41) is 2.92. The monoisotopic (exact) mass is 488 g/mol. The molecule has 1 aliphatic heterocycles. The number of halogens is 1. The second-order valence-corrected chi connectivity index (χ2v) is 10.0. The number of nitrogens with zero attached hydrogens (tertiary/aromatic N) is 1. The van der Waals surface area contributed by atoms with Crippen LogP contribution in [-0.4, -0.2) is 51.3 Å². The minimum atomic E-state index is -3.60. The van der Waals surface area contributed by atoms with Crippen LogP contribution >= 0.6 is 15.9 Å². The molecule has 1 aromatic rings. The Morgan fingerprint density at radius 2 is 1.86 bits per heavy atom. The predicted octanol–water partition coefficient (Wildman–Crippen LogP) is 3.09. The molecule has 0 saturated carbocycles. The van der Waals surface area contributed by atoms with Crippen LogP contribution in [0.15, 0.2) is 33.6 Å². The van der Waals surface area contributed by atoms with E-state index in [1.165, 1.54) is 11.4 Å². The molecule has 0 aromatic heterocycles. The van der Waals surface area contributed by atoms with Gasteiger partial charge in [-0.2, -0.15) is 4.31 Å². The van der Waals surface area contributed by atoms with E-state index in [0.29, 0.717) is 32.4 Å². The number of benzene rings is 1. The van der Waals surface area contributed by atoms with Gasteiger partial charge in [0.15, 0.2) is 0 Å². The molecule has 162 valence electrons. The number of carbonyl (C=O) groups is 2. The Bertz CT molecular complexity index is 783. The fourth-order valence-corrected chi connectivity index (χ4v) is 5.12. The van der Waals surface area contributed by atoms with Crippen LogP contribution in [0.5, 0.6) is 0 Å². The Hall–Kier alpha value is -1.45. The van der Waals surface area contributed by atoms with Crippen molar-refractivity contribution in [2.24, 2.45) is 5.92 Å². The van der Waals surface area contributed by atoms with Crippen molar-refractivity contribution in [3.8, 4) is 0 Å². The van der Waals surface area contributed by atoms with E-state index in [4.69, 9.17) is 0 Å². The number of unbranched alkanes of at least 4 members (excludes halogenated alkanes) is 3. The highest BCUT2D eigenvalue weighted by atomic mass is 79.9. The van der Waals surface area contributed by atoms with Gasteiger partial charge in [-0.25, -0.2) is 8.42 Å². The molecule has 0 radical (unpaired) electrons. The molecule has 1 saturated heterocycles. The molecule has 9 heteroatoms. The third kappa shape index (κ3) is 7.38. The molecule has 1 N–H and O–H groups in total. The fraction of sp³-hybridized carbons (Fsp3) is 0.600. The average molecular weight is 489 g/mol. The van der Waals surface area contributed by atoms with Gasteiger partial charge in [-0.1, -0.05) is 28.8 Å². The molecule has 1 heterocycles. The van der Waals surface area contributed by atoms with Gasteiger partial charge in [0.25, 0.3) is 0 Å². The minimum absolute atomic E-state index is 0.0877. The summed E-state index contributed by atoms with van der Waals surface area (Å²) < 4.78 is 32.5. The van der Waals surface area contributed by atoms with Crippen molar-refractivity contribution in [3.05, 3.63) is 28.7 Å². The molecule has 1 amide bonds. The maximum atomic E-state index is 12.8. The zero-order valence-electron chi connectivity index (χ0n) is 16.7. The van der Waals surface area contributed by atoms with Crippen LogP contribution in [0, 0.1) is 5.92 Å². The number of ether oxygens (including phenoxy) is 1. The average Bonchev–Trinajstić information content (AvgIpc) is 2.73. The molecule has 1 aliphatic rings. The highest BCUT2D eigenvalue weighted by Crippen LogP contribution is 2.25. The zero-order valence-corrected chi connectivity index (χ0v) is 19.1. The van der Waals surface area contributed by atoms with E-state index in [1.807, 2.05) is 0 Å². The summed E-state index contributed by atoms with van der Waals surface area (Å²) in [6.45, 7) is 1.21. The maximum absolute atomic E-state index is 12.8. The van der Waals surface area contributed by atoms with E-state index in [-0.39, 0.29) is 29.2 Å². The van der Waals surface area contributed by atoms with E-state index in [9.17, 15) is 18.0 Å². The molecule has 1 fully saturated rings. The lowest BCUT2D eigenvalue weighted by atomic mass is 9.99. The van der Waals surface area contributed by atoms with E-state index in [2.05, 4.69) is 26.0 Å². The number of amides is 1. The standard InChI is InChI=1S/C20H29BrN2O5S/c1-28-19(24)8-4-2-3-5-13-22-20(25)16-7-6-14-23(15-16)29(26,27)18-11-9-17(21)10-12-18/h9-12,16H,2-8,13-15H2,1H3,(H,22,25). The van der Waals surface area contributed by atoms with Crippen molar-refractivity contribution in [1.82, 2.24) is 9.62 Å². The number of hydrogen-bond acceptors (Lipinski definition) is 5. The second-order valence-electron chi connectivity index (χ2n) is 7.19. The van der Waals surface area contributed by atoms with Crippen molar-refractivity contribution in [2.45, 2.75) is 49.8 Å². The van der Waals surface area contributed by atoms with Crippen LogP contribution in [0.25, 0.3) is 0 Å². The molecule has 0 spiro atoms. The number of nitrogens with one attached hydrogen (secondary N) is 1. The van der Waals surface area contributed by atoms with Crippen molar-refractivity contribution >= 4 is 37.8 Å². The zero-order chi connectivity index (χ0) is 21.3. The molecule has 7 nitrogen and oxygen atoms in total. The SMILES string of the molecule is COC(=O)CCCCCCNC(=O)C1CCCN(S(=O)(=O)c2ccc(Br)cc2)C1. The molecule has 0 bridgehead atoms. The van der Waals surface area contributed by atoms with E-state index in [0.717, 1.165) is 30.2 Å². The summed E-state index contributed by atoms with van der Waals surface area (Å²) in [4.78, 5) is 23.8. The Morgan fingerprint density at radius 1 is 1.17 bits per heavy atom. The largest absolute Gasteiger partial charge is 0.469 e. The van der Waals surface area contributed by atoms with Gasteiger partial charge in [0.05, 0.1) is 17.9 Å². The van der Waals surface area contributed by atoms with Crippen molar-refractivity contribution in [1.29, 1.82) is 0 Å². The second kappa shape index (κ2) is 11.7. The molecular formula is C20H29BrN2O5S.